The number of nitrogens with zero attached hydrogens (tertiary/aromatic N) is 5. The number of likely N-dealkylation sites (tertiary alicyclic amines) is 1. The van der Waals surface area contributed by atoms with Crippen LogP contribution in [0.3, 0.4) is 0 Å². The first-order valence-electron chi connectivity index (χ1n) is 12.2. The van der Waals surface area contributed by atoms with Gasteiger partial charge in [-0.1, -0.05) is 18.2 Å². The van der Waals surface area contributed by atoms with Crippen LogP contribution in [0.25, 0.3) is 22.0 Å². The molecule has 9 nitrogen and oxygen atoms in total. The number of anilines is 1. The fraction of sp³-hybridized carbons (Fsp3) is 0.296. The van der Waals surface area contributed by atoms with Crippen LogP contribution in [0, 0.1) is 13.8 Å². The van der Waals surface area contributed by atoms with Gasteiger partial charge in [0.05, 0.1) is 10.4 Å². The predicted octanol–water partition coefficient (Wildman–Crippen LogP) is 5.06. The van der Waals surface area contributed by atoms with Gasteiger partial charge in [-0.05, 0) is 50.5 Å². The molecule has 1 aromatic carbocycles. The van der Waals surface area contributed by atoms with Crippen LogP contribution in [0.4, 0.5) is 5.82 Å². The lowest BCUT2D eigenvalue weighted by Gasteiger charge is -2.30. The van der Waals surface area contributed by atoms with E-state index in [1.807, 2.05) is 56.1 Å². The van der Waals surface area contributed by atoms with Gasteiger partial charge in [0.25, 0.3) is 11.8 Å². The third-order valence-electron chi connectivity index (χ3n) is 6.87. The smallest absolute Gasteiger partial charge is 0.289 e. The minimum Gasteiger partial charge on any atom is -0.451 e. The van der Waals surface area contributed by atoms with E-state index in [4.69, 9.17) is 4.42 Å². The molecular formula is C27H26N6O3S. The predicted molar refractivity (Wildman–Crippen MR) is 142 cm³/mol. The van der Waals surface area contributed by atoms with Gasteiger partial charge in [0.15, 0.2) is 17.2 Å². The highest BCUT2D eigenvalue weighted by Gasteiger charge is 2.28. The molecule has 0 bridgehead atoms. The minimum atomic E-state index is -0.292. The molecule has 1 saturated heterocycles. The molecule has 0 unspecified atom stereocenters. The Morgan fingerprint density at radius 1 is 1.11 bits per heavy atom. The molecule has 1 N–H and O–H groups in total. The molecular weight excluding hydrogens is 488 g/mol. The van der Waals surface area contributed by atoms with E-state index >= 15 is 0 Å². The van der Waals surface area contributed by atoms with E-state index in [0.29, 0.717) is 30.4 Å². The topological polar surface area (TPSA) is 106 Å². The fourth-order valence-corrected chi connectivity index (χ4v) is 5.97. The Balaban J connectivity index is 1.12. The number of carbonyl (C=O) groups excluding carboxylic acids is 2. The number of hydrogen-bond acceptors (Lipinski definition) is 7. The van der Waals surface area contributed by atoms with Crippen molar-refractivity contribution < 1.29 is 14.0 Å². The van der Waals surface area contributed by atoms with Crippen molar-refractivity contribution in [1.82, 2.24) is 24.6 Å². The zero-order chi connectivity index (χ0) is 25.7. The Bertz CT molecular complexity index is 1620. The maximum atomic E-state index is 13.0. The molecule has 0 radical (unpaired) electrons. The summed E-state index contributed by atoms with van der Waals surface area (Å²) in [5, 5.41) is 11.9. The lowest BCUT2D eigenvalue weighted by molar-refractivity contribution is 0.0683. The van der Waals surface area contributed by atoms with Crippen LogP contribution < -0.4 is 5.32 Å². The average Bonchev–Trinajstić information content (AvgIpc) is 3.61. The number of rotatable bonds is 4. The maximum absolute atomic E-state index is 13.0. The van der Waals surface area contributed by atoms with Crippen LogP contribution in [-0.4, -0.2) is 49.6 Å². The van der Waals surface area contributed by atoms with Gasteiger partial charge in [-0.3, -0.25) is 9.59 Å². The molecule has 37 heavy (non-hydrogen) atoms. The third-order valence-corrected chi connectivity index (χ3v) is 7.88. The highest BCUT2D eigenvalue weighted by Crippen LogP contribution is 2.32. The molecule has 0 spiro atoms. The van der Waals surface area contributed by atoms with E-state index in [-0.39, 0.29) is 17.7 Å². The van der Waals surface area contributed by atoms with Crippen LogP contribution in [0.5, 0.6) is 0 Å². The third kappa shape index (κ3) is 4.27. The van der Waals surface area contributed by atoms with E-state index in [1.165, 1.54) is 11.3 Å². The summed E-state index contributed by atoms with van der Waals surface area (Å²) in [6.07, 6.45) is 1.57. The maximum Gasteiger partial charge on any atom is 0.289 e. The molecule has 4 aromatic heterocycles. The number of amides is 2. The molecule has 1 aliphatic rings. The summed E-state index contributed by atoms with van der Waals surface area (Å²) in [6, 6.07) is 11.4. The summed E-state index contributed by atoms with van der Waals surface area (Å²) in [5.41, 5.74) is 3.73. The van der Waals surface area contributed by atoms with Gasteiger partial charge in [0.2, 0.25) is 0 Å². The number of nitrogens with one attached hydrogen (secondary N) is 1. The van der Waals surface area contributed by atoms with Gasteiger partial charge in [-0.2, -0.15) is 5.10 Å². The van der Waals surface area contributed by atoms with E-state index in [2.05, 4.69) is 20.4 Å². The number of pyridine rings is 1. The number of fused-ring (bicyclic) bond motifs is 2. The van der Waals surface area contributed by atoms with Crippen molar-refractivity contribution in [2.45, 2.75) is 32.6 Å². The minimum absolute atomic E-state index is 0.0866. The normalized spacial score (nSPS) is 14.5. The Morgan fingerprint density at radius 3 is 2.68 bits per heavy atom. The number of piperidine rings is 1. The number of aromatic nitrogens is 4. The first-order valence-corrected chi connectivity index (χ1v) is 13.1. The molecule has 0 aliphatic carbocycles. The zero-order valence-corrected chi connectivity index (χ0v) is 21.6. The molecule has 5 aromatic rings. The van der Waals surface area contributed by atoms with Crippen molar-refractivity contribution in [3.63, 3.8) is 0 Å². The van der Waals surface area contributed by atoms with Crippen molar-refractivity contribution in [3.8, 4) is 0 Å². The second-order valence-electron chi connectivity index (χ2n) is 9.49. The summed E-state index contributed by atoms with van der Waals surface area (Å²) < 4.78 is 7.44. The largest absolute Gasteiger partial charge is 0.451 e. The Morgan fingerprint density at radius 2 is 1.89 bits per heavy atom. The number of benzene rings is 1. The van der Waals surface area contributed by atoms with Crippen LogP contribution in [0.15, 0.2) is 46.2 Å². The standard InChI is InChI=1S/C27H26N6O3S/c1-15-12-16(2)28-24-22(15)23(31-32(24)3)30-25(34)19-14-37-26(29-19)17-8-10-33(11-9-17)27(35)21-13-18-6-4-5-7-20(18)36-21/h4-7,12-14,17H,8-11H2,1-3H3,(H,30,31,34). The summed E-state index contributed by atoms with van der Waals surface area (Å²) in [6.45, 7) is 5.16. The van der Waals surface area contributed by atoms with E-state index in [1.54, 1.807) is 16.1 Å². The van der Waals surface area contributed by atoms with Gasteiger partial charge >= 0.3 is 0 Å². The van der Waals surface area contributed by atoms with Gasteiger partial charge in [-0.15, -0.1) is 11.3 Å². The summed E-state index contributed by atoms with van der Waals surface area (Å²) >= 11 is 1.49. The van der Waals surface area contributed by atoms with Crippen molar-refractivity contribution in [2.24, 2.45) is 7.05 Å². The van der Waals surface area contributed by atoms with Crippen molar-refractivity contribution in [1.29, 1.82) is 0 Å². The number of thiazole rings is 1. The van der Waals surface area contributed by atoms with Crippen molar-refractivity contribution >= 4 is 51.0 Å². The van der Waals surface area contributed by atoms with E-state index < -0.39 is 0 Å². The van der Waals surface area contributed by atoms with Crippen LogP contribution >= 0.6 is 11.3 Å². The number of furan rings is 1. The lowest BCUT2D eigenvalue weighted by atomic mass is 9.97. The van der Waals surface area contributed by atoms with Crippen LogP contribution in [0.2, 0.25) is 0 Å². The highest BCUT2D eigenvalue weighted by molar-refractivity contribution is 7.10. The number of hydrogen-bond donors (Lipinski definition) is 1. The molecule has 1 aliphatic heterocycles. The summed E-state index contributed by atoms with van der Waals surface area (Å²) in [5.74, 6) is 0.683. The van der Waals surface area contributed by atoms with Crippen LogP contribution in [-0.2, 0) is 7.05 Å². The fourth-order valence-electron chi connectivity index (χ4n) is 5.00. The molecule has 0 saturated carbocycles. The zero-order valence-electron chi connectivity index (χ0n) is 20.8. The van der Waals surface area contributed by atoms with Crippen molar-refractivity contribution in [3.05, 3.63) is 69.5 Å². The summed E-state index contributed by atoms with van der Waals surface area (Å²) in [4.78, 5) is 37.0. The SMILES string of the molecule is Cc1cc(C)c2c(NC(=O)c3csc(C4CCN(C(=O)c5cc6ccccc6o5)CC4)n3)nn(C)c2n1. The Hall–Kier alpha value is -4.05. The average molecular weight is 515 g/mol. The van der Waals surface area contributed by atoms with E-state index in [0.717, 1.165) is 51.1 Å². The molecule has 10 heteroatoms. The number of para-hydroxylation sites is 1. The molecule has 5 heterocycles. The molecule has 188 valence electrons. The molecule has 0 atom stereocenters. The Labute approximate surface area is 217 Å². The second kappa shape index (κ2) is 9.11. The highest BCUT2D eigenvalue weighted by atomic mass is 32.1. The Kier molecular flexibility index (Phi) is 5.75. The monoisotopic (exact) mass is 514 g/mol. The van der Waals surface area contributed by atoms with Gasteiger partial charge < -0.3 is 14.6 Å². The van der Waals surface area contributed by atoms with Gasteiger partial charge in [0, 0.05) is 42.5 Å². The molecule has 6 rings (SSSR count). The lowest BCUT2D eigenvalue weighted by Crippen LogP contribution is -2.37. The molecule has 1 fully saturated rings. The van der Waals surface area contributed by atoms with Crippen LogP contribution in [0.1, 0.15) is 56.1 Å². The first kappa shape index (κ1) is 23.4. The van der Waals surface area contributed by atoms with E-state index in [9.17, 15) is 9.59 Å². The summed E-state index contributed by atoms with van der Waals surface area (Å²) in [7, 11) is 1.82. The molecule has 2 amide bonds. The van der Waals surface area contributed by atoms with Gasteiger partial charge in [-0.25, -0.2) is 14.6 Å². The number of aryl methyl sites for hydroxylation is 3. The quantitative estimate of drug-likeness (QED) is 0.359. The van der Waals surface area contributed by atoms with Gasteiger partial charge in [0.1, 0.15) is 11.3 Å². The first-order chi connectivity index (χ1) is 17.9. The second-order valence-corrected chi connectivity index (χ2v) is 10.4. The number of carbonyl (C=O) groups is 2. The van der Waals surface area contributed by atoms with Crippen molar-refractivity contribution in [2.75, 3.05) is 18.4 Å².